The molecule has 0 amide bonds. The minimum Gasteiger partial charge on any atom is -0.497 e. The number of halogens is 1. The standard InChI is InChI=1S/C32H25FN4O2S/c1-36-26-14-8-6-12-24(26)29(30(36)21-10-4-3-5-11-21)28(38)20-40-32-35-34-31(22-16-18-23(39-2)19-17-22)37(32)27-15-9-7-13-25(27)33/h3-19H,20H2,1-2H3. The Morgan fingerprint density at radius 3 is 2.30 bits per heavy atom. The van der Waals surface area contributed by atoms with Crippen LogP contribution in [-0.4, -0.2) is 38.0 Å². The van der Waals surface area contributed by atoms with Crippen molar-refractivity contribution in [1.29, 1.82) is 0 Å². The smallest absolute Gasteiger partial charge is 0.196 e. The number of carbonyl (C=O) groups is 1. The van der Waals surface area contributed by atoms with Crippen molar-refractivity contribution in [2.75, 3.05) is 12.9 Å². The zero-order chi connectivity index (χ0) is 27.6. The van der Waals surface area contributed by atoms with Gasteiger partial charge in [-0.3, -0.25) is 9.36 Å². The first kappa shape index (κ1) is 25.6. The Balaban J connectivity index is 1.40. The van der Waals surface area contributed by atoms with Crippen LogP contribution in [0.4, 0.5) is 4.39 Å². The lowest BCUT2D eigenvalue weighted by molar-refractivity contribution is 0.102. The fraction of sp³-hybridized carbons (Fsp3) is 0.0938. The molecule has 0 radical (unpaired) electrons. The van der Waals surface area contributed by atoms with Crippen LogP contribution >= 0.6 is 11.8 Å². The molecule has 0 bridgehead atoms. The van der Waals surface area contributed by atoms with Crippen molar-refractivity contribution in [3.63, 3.8) is 0 Å². The van der Waals surface area contributed by atoms with E-state index in [4.69, 9.17) is 4.74 Å². The zero-order valence-corrected chi connectivity index (χ0v) is 22.7. The summed E-state index contributed by atoms with van der Waals surface area (Å²) >= 11 is 1.24. The molecule has 2 aromatic heterocycles. The molecule has 4 aromatic carbocycles. The van der Waals surface area contributed by atoms with Gasteiger partial charge in [-0.2, -0.15) is 0 Å². The van der Waals surface area contributed by atoms with E-state index in [9.17, 15) is 4.79 Å². The van der Waals surface area contributed by atoms with Crippen LogP contribution in [0.1, 0.15) is 10.4 Å². The monoisotopic (exact) mass is 548 g/mol. The van der Waals surface area contributed by atoms with Crippen molar-refractivity contribution in [3.8, 4) is 34.1 Å². The molecule has 2 heterocycles. The molecule has 6 aromatic rings. The summed E-state index contributed by atoms with van der Waals surface area (Å²) in [4.78, 5) is 13.9. The van der Waals surface area contributed by atoms with Crippen LogP contribution in [0.2, 0.25) is 0 Å². The number of rotatable bonds is 8. The number of thioether (sulfide) groups is 1. The first-order chi connectivity index (χ1) is 19.6. The van der Waals surface area contributed by atoms with Gasteiger partial charge in [0.1, 0.15) is 11.6 Å². The van der Waals surface area contributed by atoms with Gasteiger partial charge < -0.3 is 9.30 Å². The number of nitrogens with zero attached hydrogens (tertiary/aromatic N) is 4. The van der Waals surface area contributed by atoms with Crippen molar-refractivity contribution in [1.82, 2.24) is 19.3 Å². The molecule has 0 atom stereocenters. The highest BCUT2D eigenvalue weighted by molar-refractivity contribution is 7.99. The molecule has 6 nitrogen and oxygen atoms in total. The molecular formula is C32H25FN4O2S. The van der Waals surface area contributed by atoms with E-state index in [2.05, 4.69) is 14.8 Å². The van der Waals surface area contributed by atoms with Gasteiger partial charge in [-0.15, -0.1) is 10.2 Å². The molecule has 6 rings (SSSR count). The van der Waals surface area contributed by atoms with Crippen LogP contribution in [0.15, 0.2) is 108 Å². The molecule has 0 N–H and O–H groups in total. The van der Waals surface area contributed by atoms with Crippen molar-refractivity contribution in [2.45, 2.75) is 5.16 Å². The Bertz CT molecular complexity index is 1830. The number of ether oxygens (including phenoxy) is 1. The molecule has 0 aliphatic rings. The minimum atomic E-state index is -0.411. The van der Waals surface area contributed by atoms with Crippen LogP contribution in [0.5, 0.6) is 5.75 Å². The second-order valence-electron chi connectivity index (χ2n) is 9.20. The van der Waals surface area contributed by atoms with Crippen molar-refractivity contribution < 1.29 is 13.9 Å². The largest absolute Gasteiger partial charge is 0.497 e. The maximum atomic E-state index is 15.1. The Hall–Kier alpha value is -4.69. The number of fused-ring (bicyclic) bond motifs is 1. The third kappa shape index (κ3) is 4.56. The van der Waals surface area contributed by atoms with Gasteiger partial charge in [0.25, 0.3) is 0 Å². The number of hydrogen-bond donors (Lipinski definition) is 0. The molecule has 0 fully saturated rings. The Labute approximate surface area is 235 Å². The number of methoxy groups -OCH3 is 1. The lowest BCUT2D eigenvalue weighted by Gasteiger charge is -2.12. The number of ketones is 1. The summed E-state index contributed by atoms with van der Waals surface area (Å²) in [6.07, 6.45) is 0. The molecule has 40 heavy (non-hydrogen) atoms. The van der Waals surface area contributed by atoms with Crippen molar-refractivity contribution in [3.05, 3.63) is 115 Å². The third-order valence-corrected chi connectivity index (χ3v) is 7.77. The summed E-state index contributed by atoms with van der Waals surface area (Å²) in [5.74, 6) is 0.812. The lowest BCUT2D eigenvalue weighted by atomic mass is 10.0. The van der Waals surface area contributed by atoms with Gasteiger partial charge in [0.2, 0.25) is 0 Å². The SMILES string of the molecule is COc1ccc(-c2nnc(SCC(=O)c3c(-c4ccccc4)n(C)c4ccccc34)n2-c2ccccc2F)cc1. The molecule has 8 heteroatoms. The van der Waals surface area contributed by atoms with Crippen LogP contribution in [0, 0.1) is 5.82 Å². The summed E-state index contributed by atoms with van der Waals surface area (Å²) in [5.41, 5.74) is 4.52. The first-order valence-corrected chi connectivity index (χ1v) is 13.7. The number of carbonyl (C=O) groups excluding carboxylic acids is 1. The van der Waals surface area contributed by atoms with Crippen molar-refractivity contribution >= 4 is 28.4 Å². The highest BCUT2D eigenvalue weighted by Gasteiger charge is 2.24. The van der Waals surface area contributed by atoms with E-state index in [1.54, 1.807) is 29.9 Å². The van der Waals surface area contributed by atoms with E-state index < -0.39 is 5.82 Å². The van der Waals surface area contributed by atoms with Crippen LogP contribution in [0.25, 0.3) is 39.2 Å². The second kappa shape index (κ2) is 10.8. The van der Waals surface area contributed by atoms with Crippen LogP contribution in [0.3, 0.4) is 0 Å². The predicted octanol–water partition coefficient (Wildman–Crippen LogP) is 7.22. The molecule has 0 aliphatic heterocycles. The summed E-state index contributed by atoms with van der Waals surface area (Å²) in [6.45, 7) is 0. The van der Waals surface area contributed by atoms with E-state index in [-0.39, 0.29) is 11.5 Å². The van der Waals surface area contributed by atoms with Gasteiger partial charge >= 0.3 is 0 Å². The van der Waals surface area contributed by atoms with Gasteiger partial charge in [-0.25, -0.2) is 4.39 Å². The average molecular weight is 549 g/mol. The lowest BCUT2D eigenvalue weighted by Crippen LogP contribution is -2.07. The summed E-state index contributed by atoms with van der Waals surface area (Å²) < 4.78 is 24.1. The van der Waals surface area contributed by atoms with Crippen molar-refractivity contribution in [2.24, 2.45) is 7.05 Å². The second-order valence-corrected chi connectivity index (χ2v) is 10.1. The van der Waals surface area contributed by atoms with E-state index in [1.165, 1.54) is 17.8 Å². The molecule has 0 aliphatic carbocycles. The van der Waals surface area contributed by atoms with Gasteiger partial charge in [0, 0.05) is 23.5 Å². The average Bonchev–Trinajstić information content (AvgIpc) is 3.55. The summed E-state index contributed by atoms with van der Waals surface area (Å²) in [6, 6.07) is 31.6. The topological polar surface area (TPSA) is 61.9 Å². The molecule has 0 saturated carbocycles. The minimum absolute atomic E-state index is 0.0465. The van der Waals surface area contributed by atoms with E-state index in [0.717, 1.165) is 27.7 Å². The molecule has 0 saturated heterocycles. The highest BCUT2D eigenvalue weighted by Crippen LogP contribution is 2.35. The molecule has 0 spiro atoms. The zero-order valence-electron chi connectivity index (χ0n) is 21.9. The van der Waals surface area contributed by atoms with Crippen LogP contribution in [-0.2, 0) is 7.05 Å². The van der Waals surface area contributed by atoms with E-state index >= 15 is 4.39 Å². The Morgan fingerprint density at radius 2 is 1.55 bits per heavy atom. The van der Waals surface area contributed by atoms with Gasteiger partial charge in [0.05, 0.1) is 29.8 Å². The maximum Gasteiger partial charge on any atom is 0.196 e. The number of Topliss-reactive ketones (excluding diaryl/α,β-unsaturated/α-hetero) is 1. The fourth-order valence-electron chi connectivity index (χ4n) is 4.95. The first-order valence-electron chi connectivity index (χ1n) is 12.7. The normalized spacial score (nSPS) is 11.2. The maximum absolute atomic E-state index is 15.1. The number of benzene rings is 4. The molecule has 198 valence electrons. The summed E-state index contributed by atoms with van der Waals surface area (Å²) in [7, 11) is 3.58. The predicted molar refractivity (Wildman–Crippen MR) is 157 cm³/mol. The van der Waals surface area contributed by atoms with Gasteiger partial charge in [-0.05, 0) is 48.0 Å². The van der Waals surface area contributed by atoms with Crippen LogP contribution < -0.4 is 4.74 Å². The van der Waals surface area contributed by atoms with E-state index in [1.807, 2.05) is 85.9 Å². The quantitative estimate of drug-likeness (QED) is 0.149. The number of hydrogen-bond acceptors (Lipinski definition) is 5. The van der Waals surface area contributed by atoms with Gasteiger partial charge in [-0.1, -0.05) is 72.4 Å². The highest BCUT2D eigenvalue weighted by atomic mass is 32.2. The fourth-order valence-corrected chi connectivity index (χ4v) is 5.77. The number of para-hydroxylation sites is 2. The third-order valence-electron chi connectivity index (χ3n) is 6.84. The van der Waals surface area contributed by atoms with E-state index in [0.29, 0.717) is 28.0 Å². The Morgan fingerprint density at radius 1 is 0.850 bits per heavy atom. The van der Waals surface area contributed by atoms with Gasteiger partial charge in [0.15, 0.2) is 16.8 Å². The Kier molecular flexibility index (Phi) is 6.92. The number of aromatic nitrogens is 4. The molecule has 0 unspecified atom stereocenters. The molecular weight excluding hydrogens is 523 g/mol. The summed E-state index contributed by atoms with van der Waals surface area (Å²) in [5, 5.41) is 10.1. The number of aryl methyl sites for hydroxylation is 1.